The number of aromatic nitrogens is 7. The summed E-state index contributed by atoms with van der Waals surface area (Å²) >= 11 is 0. The van der Waals surface area contributed by atoms with Gasteiger partial charge in [0.05, 0.1) is 17.5 Å². The maximum Gasteiger partial charge on any atom is 0.209 e. The standard InChI is InChI=1S/C25H19FN8O2S/c1-37(35,36)29-13-14-10-16(12-17(26)11-14)18-6-9-28-24-21(18)31-25(32-24)23-22-20(33-34-23)3-2-19(30-22)15-4-7-27-8-5-15/h2-12,29H,13H2,1H3,(H,33,34)(H,28,31,32). The molecule has 37 heavy (non-hydrogen) atoms. The van der Waals surface area contributed by atoms with Gasteiger partial charge in [0.1, 0.15) is 16.9 Å². The first-order valence-corrected chi connectivity index (χ1v) is 13.1. The monoisotopic (exact) mass is 514 g/mol. The van der Waals surface area contributed by atoms with Crippen molar-refractivity contribution in [3.63, 3.8) is 0 Å². The predicted octanol–water partition coefficient (Wildman–Crippen LogP) is 3.81. The van der Waals surface area contributed by atoms with E-state index in [2.05, 4.69) is 29.9 Å². The summed E-state index contributed by atoms with van der Waals surface area (Å²) in [5, 5.41) is 7.41. The predicted molar refractivity (Wildman–Crippen MR) is 137 cm³/mol. The first kappa shape index (κ1) is 22.9. The molecule has 0 radical (unpaired) electrons. The Morgan fingerprint density at radius 1 is 0.946 bits per heavy atom. The number of pyridine rings is 3. The van der Waals surface area contributed by atoms with Crippen molar-refractivity contribution in [1.82, 2.24) is 39.8 Å². The van der Waals surface area contributed by atoms with E-state index in [1.54, 1.807) is 30.7 Å². The van der Waals surface area contributed by atoms with E-state index in [1.807, 2.05) is 24.3 Å². The first-order chi connectivity index (χ1) is 17.8. The fourth-order valence-electron chi connectivity index (χ4n) is 4.13. The lowest BCUT2D eigenvalue weighted by molar-refractivity contribution is 0.586. The fraction of sp³-hybridized carbons (Fsp3) is 0.0800. The molecule has 5 aromatic heterocycles. The van der Waals surface area contributed by atoms with E-state index in [9.17, 15) is 12.8 Å². The van der Waals surface area contributed by atoms with E-state index in [0.29, 0.717) is 44.9 Å². The van der Waals surface area contributed by atoms with Crippen molar-refractivity contribution in [2.75, 3.05) is 6.26 Å². The third-order valence-electron chi connectivity index (χ3n) is 5.80. The second-order valence-corrected chi connectivity index (χ2v) is 10.3. The zero-order chi connectivity index (χ0) is 25.6. The molecule has 0 saturated heterocycles. The minimum atomic E-state index is -3.43. The molecule has 3 N–H and O–H groups in total. The number of imidazole rings is 1. The van der Waals surface area contributed by atoms with Crippen LogP contribution < -0.4 is 4.72 Å². The van der Waals surface area contributed by atoms with Gasteiger partial charge in [0.25, 0.3) is 0 Å². The van der Waals surface area contributed by atoms with Gasteiger partial charge in [-0.15, -0.1) is 0 Å². The largest absolute Gasteiger partial charge is 0.321 e. The number of halogens is 1. The summed E-state index contributed by atoms with van der Waals surface area (Å²) in [6.07, 6.45) is 6.07. The number of hydrogen-bond donors (Lipinski definition) is 3. The van der Waals surface area contributed by atoms with E-state index in [4.69, 9.17) is 9.97 Å². The Hall–Kier alpha value is -4.55. The molecule has 0 saturated carbocycles. The zero-order valence-electron chi connectivity index (χ0n) is 19.4. The lowest BCUT2D eigenvalue weighted by Crippen LogP contribution is -2.21. The molecular formula is C25H19FN8O2S. The summed E-state index contributed by atoms with van der Waals surface area (Å²) in [5.74, 6) is -0.0365. The molecule has 0 fully saturated rings. The van der Waals surface area contributed by atoms with E-state index in [-0.39, 0.29) is 6.54 Å². The maximum absolute atomic E-state index is 14.5. The molecule has 6 aromatic rings. The average molecular weight is 515 g/mol. The van der Waals surface area contributed by atoms with Crippen molar-refractivity contribution in [2.45, 2.75) is 6.54 Å². The van der Waals surface area contributed by atoms with E-state index in [1.165, 1.54) is 12.1 Å². The Labute approximate surface area is 210 Å². The van der Waals surface area contributed by atoms with Gasteiger partial charge < -0.3 is 4.98 Å². The molecule has 0 aliphatic heterocycles. The summed E-state index contributed by atoms with van der Waals surface area (Å²) in [6, 6.07) is 13.7. The Bertz CT molecular complexity index is 1880. The fourth-order valence-corrected chi connectivity index (χ4v) is 4.55. The van der Waals surface area contributed by atoms with Crippen LogP contribution in [-0.4, -0.2) is 49.8 Å². The minimum Gasteiger partial charge on any atom is -0.321 e. The normalized spacial score (nSPS) is 11.9. The van der Waals surface area contributed by atoms with Crippen molar-refractivity contribution in [3.8, 4) is 33.9 Å². The van der Waals surface area contributed by atoms with Gasteiger partial charge in [-0.2, -0.15) is 5.10 Å². The van der Waals surface area contributed by atoms with Crippen LogP contribution in [0.15, 0.2) is 67.1 Å². The highest BCUT2D eigenvalue weighted by atomic mass is 32.2. The molecule has 10 nitrogen and oxygen atoms in total. The van der Waals surface area contributed by atoms with Crippen LogP contribution >= 0.6 is 0 Å². The first-order valence-electron chi connectivity index (χ1n) is 11.2. The molecule has 12 heteroatoms. The SMILES string of the molecule is CS(=O)(=O)NCc1cc(F)cc(-c2ccnc3[nH]c(-c4n[nH]c5ccc(-c6ccncc6)nc45)nc23)c1. The van der Waals surface area contributed by atoms with Gasteiger partial charge in [-0.3, -0.25) is 10.1 Å². The van der Waals surface area contributed by atoms with Crippen molar-refractivity contribution in [3.05, 3.63) is 78.5 Å². The maximum atomic E-state index is 14.5. The van der Waals surface area contributed by atoms with Crippen LogP contribution in [0.25, 0.3) is 56.1 Å². The molecule has 6 rings (SSSR count). The summed E-state index contributed by atoms with van der Waals surface area (Å²) in [6.45, 7) is -0.0334. The molecule has 0 aliphatic rings. The summed E-state index contributed by atoms with van der Waals surface area (Å²) in [5.41, 5.74) is 6.26. The van der Waals surface area contributed by atoms with Crippen LogP contribution in [0.1, 0.15) is 5.56 Å². The Morgan fingerprint density at radius 3 is 2.59 bits per heavy atom. The average Bonchev–Trinajstić information content (AvgIpc) is 3.51. The number of nitrogens with one attached hydrogen (secondary N) is 3. The molecule has 0 bridgehead atoms. The van der Waals surface area contributed by atoms with Crippen LogP contribution in [-0.2, 0) is 16.6 Å². The number of sulfonamides is 1. The molecule has 0 aliphatic carbocycles. The number of nitrogens with zero attached hydrogens (tertiary/aromatic N) is 5. The zero-order valence-corrected chi connectivity index (χ0v) is 20.2. The highest BCUT2D eigenvalue weighted by Crippen LogP contribution is 2.31. The molecule has 0 atom stereocenters. The number of hydrogen-bond acceptors (Lipinski definition) is 7. The van der Waals surface area contributed by atoms with Gasteiger partial charge in [0.2, 0.25) is 10.0 Å². The van der Waals surface area contributed by atoms with Crippen LogP contribution in [0.5, 0.6) is 0 Å². The van der Waals surface area contributed by atoms with Crippen molar-refractivity contribution in [2.24, 2.45) is 0 Å². The number of benzene rings is 1. The molecule has 0 spiro atoms. The van der Waals surface area contributed by atoms with E-state index < -0.39 is 15.8 Å². The number of H-pyrrole nitrogens is 2. The smallest absolute Gasteiger partial charge is 0.209 e. The van der Waals surface area contributed by atoms with Gasteiger partial charge >= 0.3 is 0 Å². The highest BCUT2D eigenvalue weighted by molar-refractivity contribution is 7.88. The molecular weight excluding hydrogens is 495 g/mol. The van der Waals surface area contributed by atoms with E-state index in [0.717, 1.165) is 23.0 Å². The van der Waals surface area contributed by atoms with Gasteiger partial charge in [-0.25, -0.2) is 32.5 Å². The third kappa shape index (κ3) is 4.55. The van der Waals surface area contributed by atoms with Crippen molar-refractivity contribution < 1.29 is 12.8 Å². The van der Waals surface area contributed by atoms with Crippen LogP contribution in [0.3, 0.4) is 0 Å². The van der Waals surface area contributed by atoms with Gasteiger partial charge in [-0.05, 0) is 59.7 Å². The Balaban J connectivity index is 1.44. The summed E-state index contributed by atoms with van der Waals surface area (Å²) in [7, 11) is -3.43. The lowest BCUT2D eigenvalue weighted by atomic mass is 10.0. The summed E-state index contributed by atoms with van der Waals surface area (Å²) in [4.78, 5) is 21.2. The number of rotatable bonds is 6. The van der Waals surface area contributed by atoms with Crippen LogP contribution in [0.4, 0.5) is 4.39 Å². The van der Waals surface area contributed by atoms with Crippen LogP contribution in [0.2, 0.25) is 0 Å². The Kier molecular flexibility index (Phi) is 5.46. The number of fused-ring (bicyclic) bond motifs is 2. The second kappa shape index (κ2) is 8.84. The molecule has 5 heterocycles. The van der Waals surface area contributed by atoms with Crippen LogP contribution in [0, 0.1) is 5.82 Å². The van der Waals surface area contributed by atoms with Gasteiger partial charge in [0, 0.05) is 36.3 Å². The van der Waals surface area contributed by atoms with Gasteiger partial charge in [0.15, 0.2) is 17.2 Å². The summed E-state index contributed by atoms with van der Waals surface area (Å²) < 4.78 is 39.8. The van der Waals surface area contributed by atoms with Crippen molar-refractivity contribution in [1.29, 1.82) is 0 Å². The molecule has 0 unspecified atom stereocenters. The quantitative estimate of drug-likeness (QED) is 0.307. The second-order valence-electron chi connectivity index (χ2n) is 8.48. The number of aromatic amines is 2. The van der Waals surface area contributed by atoms with E-state index >= 15 is 0 Å². The van der Waals surface area contributed by atoms with Crippen molar-refractivity contribution >= 4 is 32.2 Å². The van der Waals surface area contributed by atoms with Gasteiger partial charge in [-0.1, -0.05) is 0 Å². The molecule has 0 amide bonds. The molecule has 184 valence electrons. The highest BCUT2D eigenvalue weighted by Gasteiger charge is 2.18. The Morgan fingerprint density at radius 2 is 1.78 bits per heavy atom. The third-order valence-corrected chi connectivity index (χ3v) is 6.47. The minimum absolute atomic E-state index is 0.0334. The topological polar surface area (TPSA) is 142 Å². The molecule has 1 aromatic carbocycles. The lowest BCUT2D eigenvalue weighted by Gasteiger charge is -2.07.